The Morgan fingerprint density at radius 2 is 1.67 bits per heavy atom. The zero-order valence-electron chi connectivity index (χ0n) is 8.98. The molecule has 5 heteroatoms. The van der Waals surface area contributed by atoms with Crippen molar-refractivity contribution in [2.24, 2.45) is 0 Å². The maximum atomic E-state index is 13.9. The van der Waals surface area contributed by atoms with Gasteiger partial charge in [-0.15, -0.1) is 0 Å². The lowest BCUT2D eigenvalue weighted by Gasteiger charge is -2.09. The first-order valence-corrected chi connectivity index (χ1v) is 7.28. The molecule has 0 aliphatic heterocycles. The van der Waals surface area contributed by atoms with Crippen LogP contribution in [0.2, 0.25) is 15.1 Å². The summed E-state index contributed by atoms with van der Waals surface area (Å²) in [6.07, 6.45) is 0. The van der Waals surface area contributed by atoms with Crippen molar-refractivity contribution in [3.8, 4) is 11.1 Å². The largest absolute Gasteiger partial charge is 0.206 e. The minimum atomic E-state index is -0.347. The molecule has 0 saturated heterocycles. The van der Waals surface area contributed by atoms with Crippen LogP contribution >= 0.6 is 50.7 Å². The lowest BCUT2D eigenvalue weighted by atomic mass is 10.0. The number of hydrogen-bond acceptors (Lipinski definition) is 0. The van der Waals surface area contributed by atoms with E-state index in [4.69, 9.17) is 34.8 Å². The van der Waals surface area contributed by atoms with Crippen molar-refractivity contribution in [1.82, 2.24) is 0 Å². The van der Waals surface area contributed by atoms with Crippen LogP contribution in [0.4, 0.5) is 4.39 Å². The third kappa shape index (κ3) is 2.67. The first-order chi connectivity index (χ1) is 8.54. The lowest BCUT2D eigenvalue weighted by molar-refractivity contribution is 0.631. The van der Waals surface area contributed by atoms with Crippen molar-refractivity contribution in [3.63, 3.8) is 0 Å². The molecule has 0 bridgehead atoms. The Morgan fingerprint density at radius 1 is 0.944 bits per heavy atom. The predicted octanol–water partition coefficient (Wildman–Crippen LogP) is 6.35. The van der Waals surface area contributed by atoms with Crippen LogP contribution in [0.5, 0.6) is 0 Å². The van der Waals surface area contributed by atoms with Gasteiger partial charge in [0.1, 0.15) is 5.82 Å². The average Bonchev–Trinajstić information content (AvgIpc) is 2.37. The van der Waals surface area contributed by atoms with Crippen LogP contribution in [-0.4, -0.2) is 0 Å². The molecule has 18 heavy (non-hydrogen) atoms. The summed E-state index contributed by atoms with van der Waals surface area (Å²) in [5.41, 5.74) is 1.90. The minimum Gasteiger partial charge on any atom is -0.206 e. The Morgan fingerprint density at radius 3 is 2.33 bits per heavy atom. The Kier molecular flexibility index (Phi) is 4.54. The molecule has 0 heterocycles. The van der Waals surface area contributed by atoms with Crippen LogP contribution in [0.15, 0.2) is 30.3 Å². The fraction of sp³-hybridized carbons (Fsp3) is 0.0769. The lowest BCUT2D eigenvalue weighted by Crippen LogP contribution is -1.89. The summed E-state index contributed by atoms with van der Waals surface area (Å²) in [4.78, 5) is 0. The molecule has 0 spiro atoms. The summed E-state index contributed by atoms with van der Waals surface area (Å²) in [5.74, 6) is -0.347. The third-order valence-corrected chi connectivity index (χ3v) is 4.45. The van der Waals surface area contributed by atoms with Crippen molar-refractivity contribution in [3.05, 3.63) is 56.8 Å². The number of alkyl halides is 1. The Balaban J connectivity index is 2.65. The molecule has 0 aromatic heterocycles. The fourth-order valence-electron chi connectivity index (χ4n) is 1.60. The number of halogens is 5. The summed E-state index contributed by atoms with van der Waals surface area (Å²) in [6.45, 7) is 0. The molecule has 94 valence electrons. The molecule has 0 atom stereocenters. The molecule has 0 fully saturated rings. The van der Waals surface area contributed by atoms with E-state index in [1.165, 1.54) is 6.07 Å². The van der Waals surface area contributed by atoms with Gasteiger partial charge in [0.2, 0.25) is 0 Å². The van der Waals surface area contributed by atoms with Crippen LogP contribution in [0, 0.1) is 5.82 Å². The zero-order chi connectivity index (χ0) is 13.3. The quantitative estimate of drug-likeness (QED) is 0.428. The minimum absolute atomic E-state index is 0.236. The second-order valence-corrected chi connectivity index (χ2v) is 5.39. The highest BCUT2D eigenvalue weighted by molar-refractivity contribution is 9.08. The standard InChI is InChI=1S/C13H7BrCl3F/c14-6-7-1-4-11(18)9(5-7)8-2-3-10(15)13(17)12(8)16/h1-5H,6H2. The number of benzene rings is 2. The topological polar surface area (TPSA) is 0 Å². The number of hydrogen-bond donors (Lipinski definition) is 0. The molecule has 0 radical (unpaired) electrons. The smallest absolute Gasteiger partial charge is 0.131 e. The first-order valence-electron chi connectivity index (χ1n) is 5.03. The van der Waals surface area contributed by atoms with Gasteiger partial charge in [-0.3, -0.25) is 0 Å². The maximum absolute atomic E-state index is 13.9. The molecule has 0 aliphatic rings. The van der Waals surface area contributed by atoms with Gasteiger partial charge < -0.3 is 0 Å². The van der Waals surface area contributed by atoms with E-state index in [9.17, 15) is 4.39 Å². The van der Waals surface area contributed by atoms with Crippen LogP contribution in [0.25, 0.3) is 11.1 Å². The van der Waals surface area contributed by atoms with Crippen LogP contribution in [0.1, 0.15) is 5.56 Å². The van der Waals surface area contributed by atoms with E-state index in [0.29, 0.717) is 21.5 Å². The summed E-state index contributed by atoms with van der Waals surface area (Å²) in [7, 11) is 0. The average molecular weight is 368 g/mol. The number of rotatable bonds is 2. The molecular weight excluding hydrogens is 361 g/mol. The van der Waals surface area contributed by atoms with Gasteiger partial charge in [-0.25, -0.2) is 4.39 Å². The van der Waals surface area contributed by atoms with Gasteiger partial charge in [0.25, 0.3) is 0 Å². The van der Waals surface area contributed by atoms with E-state index in [1.54, 1.807) is 24.3 Å². The van der Waals surface area contributed by atoms with Crippen molar-refractivity contribution in [2.45, 2.75) is 5.33 Å². The third-order valence-electron chi connectivity index (χ3n) is 2.51. The van der Waals surface area contributed by atoms with Crippen molar-refractivity contribution in [2.75, 3.05) is 0 Å². The van der Waals surface area contributed by atoms with Crippen molar-refractivity contribution in [1.29, 1.82) is 0 Å². The molecule has 0 N–H and O–H groups in total. The molecule has 0 saturated carbocycles. The Labute approximate surface area is 128 Å². The van der Waals surface area contributed by atoms with Crippen LogP contribution < -0.4 is 0 Å². The molecule has 0 unspecified atom stereocenters. The van der Waals surface area contributed by atoms with Gasteiger partial charge in [-0.05, 0) is 23.8 Å². The van der Waals surface area contributed by atoms with E-state index >= 15 is 0 Å². The van der Waals surface area contributed by atoms with Crippen molar-refractivity contribution >= 4 is 50.7 Å². The van der Waals surface area contributed by atoms with Gasteiger partial charge in [0.05, 0.1) is 15.1 Å². The zero-order valence-corrected chi connectivity index (χ0v) is 12.8. The second-order valence-electron chi connectivity index (χ2n) is 3.67. The Hall–Kier alpha value is -0.280. The predicted molar refractivity (Wildman–Crippen MR) is 79.5 cm³/mol. The SMILES string of the molecule is Fc1ccc(CBr)cc1-c1ccc(Cl)c(Cl)c1Cl. The highest BCUT2D eigenvalue weighted by atomic mass is 79.9. The molecule has 2 aromatic carbocycles. The maximum Gasteiger partial charge on any atom is 0.131 e. The molecule has 0 amide bonds. The summed E-state index contributed by atoms with van der Waals surface area (Å²) in [6, 6.07) is 8.11. The second kappa shape index (κ2) is 5.79. The Bertz CT molecular complexity index is 599. The van der Waals surface area contributed by atoms with Crippen LogP contribution in [-0.2, 0) is 5.33 Å². The van der Waals surface area contributed by atoms with E-state index < -0.39 is 0 Å². The van der Waals surface area contributed by atoms with E-state index in [2.05, 4.69) is 15.9 Å². The highest BCUT2D eigenvalue weighted by Gasteiger charge is 2.14. The van der Waals surface area contributed by atoms with Gasteiger partial charge >= 0.3 is 0 Å². The summed E-state index contributed by atoms with van der Waals surface area (Å²) >= 11 is 21.3. The molecular formula is C13H7BrCl3F. The molecule has 0 nitrogen and oxygen atoms in total. The van der Waals surface area contributed by atoms with Gasteiger partial charge in [-0.2, -0.15) is 0 Å². The molecule has 2 rings (SSSR count). The van der Waals surface area contributed by atoms with Gasteiger partial charge in [0, 0.05) is 16.5 Å². The van der Waals surface area contributed by atoms with E-state index in [1.807, 2.05) is 0 Å². The summed E-state index contributed by atoms with van der Waals surface area (Å²) in [5, 5.41) is 1.48. The molecule has 2 aromatic rings. The first kappa shape index (κ1) is 14.1. The van der Waals surface area contributed by atoms with Gasteiger partial charge in [0.15, 0.2) is 0 Å². The fourth-order valence-corrected chi connectivity index (χ4v) is 2.58. The van der Waals surface area contributed by atoms with Crippen molar-refractivity contribution < 1.29 is 4.39 Å². The summed E-state index contributed by atoms with van der Waals surface area (Å²) < 4.78 is 13.9. The highest BCUT2D eigenvalue weighted by Crippen LogP contribution is 2.39. The monoisotopic (exact) mass is 366 g/mol. The molecule has 0 aliphatic carbocycles. The normalized spacial score (nSPS) is 10.7. The van der Waals surface area contributed by atoms with E-state index in [0.717, 1.165) is 5.56 Å². The van der Waals surface area contributed by atoms with Crippen LogP contribution in [0.3, 0.4) is 0 Å². The van der Waals surface area contributed by atoms with E-state index in [-0.39, 0.29) is 15.9 Å². The van der Waals surface area contributed by atoms with Gasteiger partial charge in [-0.1, -0.05) is 62.9 Å².